The van der Waals surface area contributed by atoms with E-state index in [2.05, 4.69) is 6.92 Å². The number of likely N-dealkylation sites (tertiary alicyclic amines) is 1. The molecule has 0 aliphatic carbocycles. The Morgan fingerprint density at radius 3 is 2.86 bits per heavy atom. The van der Waals surface area contributed by atoms with Gasteiger partial charge < -0.3 is 14.4 Å². The summed E-state index contributed by atoms with van der Waals surface area (Å²) in [5, 5.41) is 0. The van der Waals surface area contributed by atoms with E-state index in [0.29, 0.717) is 18.6 Å². The van der Waals surface area contributed by atoms with Crippen LogP contribution in [0.3, 0.4) is 0 Å². The molecule has 4 heteroatoms. The molecule has 1 atom stereocenters. The van der Waals surface area contributed by atoms with E-state index in [0.717, 1.165) is 32.6 Å². The Labute approximate surface area is 84.2 Å². The van der Waals surface area contributed by atoms with Crippen LogP contribution in [0.25, 0.3) is 0 Å². The fourth-order valence-corrected chi connectivity index (χ4v) is 1.86. The highest BCUT2D eigenvalue weighted by atomic mass is 16.6. The summed E-state index contributed by atoms with van der Waals surface area (Å²) < 4.78 is 10.2. The van der Waals surface area contributed by atoms with Crippen molar-refractivity contribution in [3.05, 3.63) is 0 Å². The first kappa shape index (κ1) is 9.77. The summed E-state index contributed by atoms with van der Waals surface area (Å²) in [4.78, 5) is 13.4. The van der Waals surface area contributed by atoms with E-state index in [1.165, 1.54) is 0 Å². The van der Waals surface area contributed by atoms with Crippen LogP contribution >= 0.6 is 0 Å². The first-order valence-corrected chi connectivity index (χ1v) is 5.28. The Bertz CT molecular complexity index is 215. The van der Waals surface area contributed by atoms with Gasteiger partial charge in [-0.05, 0) is 19.8 Å². The average molecular weight is 199 g/mol. The highest BCUT2D eigenvalue weighted by Gasteiger charge is 2.27. The minimum absolute atomic E-state index is 0.151. The second kappa shape index (κ2) is 4.17. The molecular weight excluding hydrogens is 182 g/mol. The van der Waals surface area contributed by atoms with Crippen molar-refractivity contribution in [2.75, 3.05) is 26.4 Å². The van der Waals surface area contributed by atoms with Crippen LogP contribution in [0.1, 0.15) is 19.8 Å². The van der Waals surface area contributed by atoms with Crippen LogP contribution in [0, 0.1) is 5.92 Å². The van der Waals surface area contributed by atoms with Gasteiger partial charge in [-0.1, -0.05) is 0 Å². The largest absolute Gasteiger partial charge is 0.449 e. The standard InChI is InChI=1S/C10H17NO3/c1-8-3-2-4-11(8)10(12)14-7-9-5-13-6-9/h8-9H,2-7H2,1H3. The van der Waals surface area contributed by atoms with Crippen molar-refractivity contribution in [3.8, 4) is 0 Å². The highest BCUT2D eigenvalue weighted by molar-refractivity contribution is 5.68. The molecule has 0 aromatic carbocycles. The number of carbonyl (C=O) groups is 1. The van der Waals surface area contributed by atoms with E-state index in [1.54, 1.807) is 0 Å². The number of amides is 1. The van der Waals surface area contributed by atoms with Gasteiger partial charge in [-0.3, -0.25) is 0 Å². The summed E-state index contributed by atoms with van der Waals surface area (Å²) in [6, 6.07) is 0.347. The third kappa shape index (κ3) is 2.00. The molecule has 0 spiro atoms. The molecular formula is C10H17NO3. The van der Waals surface area contributed by atoms with Gasteiger partial charge in [0.1, 0.15) is 6.61 Å². The SMILES string of the molecule is CC1CCCN1C(=O)OCC1COC1. The van der Waals surface area contributed by atoms with Crippen molar-refractivity contribution in [2.45, 2.75) is 25.8 Å². The van der Waals surface area contributed by atoms with Gasteiger partial charge in [0, 0.05) is 18.5 Å². The van der Waals surface area contributed by atoms with Crippen molar-refractivity contribution >= 4 is 6.09 Å². The maximum absolute atomic E-state index is 11.6. The second-order valence-electron chi connectivity index (χ2n) is 4.17. The number of nitrogens with zero attached hydrogens (tertiary/aromatic N) is 1. The summed E-state index contributed by atoms with van der Waals surface area (Å²) in [7, 11) is 0. The number of carbonyl (C=O) groups excluding carboxylic acids is 1. The zero-order valence-corrected chi connectivity index (χ0v) is 8.57. The maximum atomic E-state index is 11.6. The Balaban J connectivity index is 1.71. The minimum atomic E-state index is -0.151. The van der Waals surface area contributed by atoms with Crippen molar-refractivity contribution < 1.29 is 14.3 Å². The fourth-order valence-electron chi connectivity index (χ4n) is 1.86. The van der Waals surface area contributed by atoms with Gasteiger partial charge in [-0.25, -0.2) is 4.79 Å². The molecule has 80 valence electrons. The Hall–Kier alpha value is -0.770. The number of rotatable bonds is 2. The molecule has 0 N–H and O–H groups in total. The Morgan fingerprint density at radius 1 is 1.57 bits per heavy atom. The molecule has 0 radical (unpaired) electrons. The zero-order valence-electron chi connectivity index (χ0n) is 8.57. The molecule has 0 saturated carbocycles. The molecule has 2 saturated heterocycles. The third-order valence-electron chi connectivity index (χ3n) is 2.94. The summed E-state index contributed by atoms with van der Waals surface area (Å²) in [5.41, 5.74) is 0. The Kier molecular flexibility index (Phi) is 2.91. The molecule has 2 heterocycles. The monoisotopic (exact) mass is 199 g/mol. The van der Waals surface area contributed by atoms with E-state index in [1.807, 2.05) is 4.90 Å². The van der Waals surface area contributed by atoms with Crippen LogP contribution in [-0.4, -0.2) is 43.4 Å². The molecule has 1 unspecified atom stereocenters. The van der Waals surface area contributed by atoms with Gasteiger partial charge in [0.25, 0.3) is 0 Å². The molecule has 14 heavy (non-hydrogen) atoms. The van der Waals surface area contributed by atoms with Crippen LogP contribution < -0.4 is 0 Å². The quantitative estimate of drug-likeness (QED) is 0.672. The zero-order chi connectivity index (χ0) is 9.97. The molecule has 0 aromatic rings. The van der Waals surface area contributed by atoms with Crippen LogP contribution in [0.5, 0.6) is 0 Å². The van der Waals surface area contributed by atoms with Crippen LogP contribution in [0.15, 0.2) is 0 Å². The van der Waals surface area contributed by atoms with Crippen molar-refractivity contribution in [1.82, 2.24) is 4.90 Å². The van der Waals surface area contributed by atoms with E-state index >= 15 is 0 Å². The van der Waals surface area contributed by atoms with E-state index in [4.69, 9.17) is 9.47 Å². The van der Waals surface area contributed by atoms with Crippen LogP contribution in [0.4, 0.5) is 4.79 Å². The van der Waals surface area contributed by atoms with Crippen molar-refractivity contribution in [3.63, 3.8) is 0 Å². The predicted molar refractivity (Wildman–Crippen MR) is 51.1 cm³/mol. The highest BCUT2D eigenvalue weighted by Crippen LogP contribution is 2.18. The predicted octanol–water partition coefficient (Wildman–Crippen LogP) is 1.25. The summed E-state index contributed by atoms with van der Waals surface area (Å²) in [6.45, 7) is 4.91. The lowest BCUT2D eigenvalue weighted by atomic mass is 10.1. The topological polar surface area (TPSA) is 38.8 Å². The van der Waals surface area contributed by atoms with Gasteiger partial charge in [0.05, 0.1) is 13.2 Å². The fraction of sp³-hybridized carbons (Fsp3) is 0.900. The Morgan fingerprint density at radius 2 is 2.36 bits per heavy atom. The average Bonchev–Trinajstić information content (AvgIpc) is 2.48. The van der Waals surface area contributed by atoms with E-state index in [9.17, 15) is 4.79 Å². The molecule has 2 fully saturated rings. The summed E-state index contributed by atoms with van der Waals surface area (Å²) >= 11 is 0. The van der Waals surface area contributed by atoms with E-state index < -0.39 is 0 Å². The normalized spacial score (nSPS) is 27.5. The first-order chi connectivity index (χ1) is 6.77. The van der Waals surface area contributed by atoms with Gasteiger partial charge in [-0.2, -0.15) is 0 Å². The lowest BCUT2D eigenvalue weighted by molar-refractivity contribution is -0.0613. The first-order valence-electron chi connectivity index (χ1n) is 5.28. The van der Waals surface area contributed by atoms with Crippen molar-refractivity contribution in [1.29, 1.82) is 0 Å². The summed E-state index contributed by atoms with van der Waals surface area (Å²) in [5.74, 6) is 0.428. The molecule has 0 aromatic heterocycles. The maximum Gasteiger partial charge on any atom is 0.410 e. The van der Waals surface area contributed by atoms with E-state index in [-0.39, 0.29) is 6.09 Å². The van der Waals surface area contributed by atoms with Gasteiger partial charge in [0.2, 0.25) is 0 Å². The van der Waals surface area contributed by atoms with Gasteiger partial charge in [-0.15, -0.1) is 0 Å². The molecule has 2 aliphatic rings. The molecule has 4 nitrogen and oxygen atoms in total. The number of hydrogen-bond acceptors (Lipinski definition) is 3. The molecule has 0 bridgehead atoms. The number of ether oxygens (including phenoxy) is 2. The molecule has 2 aliphatic heterocycles. The summed E-state index contributed by atoms with van der Waals surface area (Å²) in [6.07, 6.45) is 2.05. The smallest absolute Gasteiger partial charge is 0.410 e. The lowest BCUT2D eigenvalue weighted by Crippen LogP contribution is -2.38. The molecule has 1 amide bonds. The van der Waals surface area contributed by atoms with Crippen molar-refractivity contribution in [2.24, 2.45) is 5.92 Å². The van der Waals surface area contributed by atoms with Gasteiger partial charge >= 0.3 is 6.09 Å². The minimum Gasteiger partial charge on any atom is -0.449 e. The van der Waals surface area contributed by atoms with Crippen LogP contribution in [-0.2, 0) is 9.47 Å². The van der Waals surface area contributed by atoms with Gasteiger partial charge in [0.15, 0.2) is 0 Å². The number of hydrogen-bond donors (Lipinski definition) is 0. The third-order valence-corrected chi connectivity index (χ3v) is 2.94. The second-order valence-corrected chi connectivity index (χ2v) is 4.17. The molecule has 2 rings (SSSR count). The van der Waals surface area contributed by atoms with Crippen LogP contribution in [0.2, 0.25) is 0 Å². The lowest BCUT2D eigenvalue weighted by Gasteiger charge is -2.27.